The van der Waals surface area contributed by atoms with Crippen molar-refractivity contribution in [1.29, 1.82) is 0 Å². The summed E-state index contributed by atoms with van der Waals surface area (Å²) in [6.45, 7) is 9.01. The number of likely N-dealkylation sites (tertiary alicyclic amines) is 1. The van der Waals surface area contributed by atoms with Crippen LogP contribution in [0.25, 0.3) is 0 Å². The predicted octanol–water partition coefficient (Wildman–Crippen LogP) is 3.06. The first-order valence-corrected chi connectivity index (χ1v) is 8.55. The molecule has 4 heteroatoms. The van der Waals surface area contributed by atoms with Crippen LogP contribution in [-0.2, 0) is 13.0 Å². The molecule has 1 aliphatic heterocycles. The number of nitrogens with zero attached hydrogens (tertiary/aromatic N) is 2. The Balaban J connectivity index is 1.73. The summed E-state index contributed by atoms with van der Waals surface area (Å²) in [6, 6.07) is 0.763. The van der Waals surface area contributed by atoms with Gasteiger partial charge in [-0.05, 0) is 39.3 Å². The van der Waals surface area contributed by atoms with Gasteiger partial charge in [-0.25, -0.2) is 4.98 Å². The molecular formula is C15H27N3S. The molecule has 108 valence electrons. The lowest BCUT2D eigenvalue weighted by molar-refractivity contribution is 0.163. The van der Waals surface area contributed by atoms with E-state index in [2.05, 4.69) is 29.4 Å². The molecule has 19 heavy (non-hydrogen) atoms. The molecule has 1 unspecified atom stereocenters. The second kappa shape index (κ2) is 7.98. The summed E-state index contributed by atoms with van der Waals surface area (Å²) >= 11 is 1.82. The zero-order valence-electron chi connectivity index (χ0n) is 12.3. The van der Waals surface area contributed by atoms with Crippen molar-refractivity contribution >= 4 is 11.3 Å². The average Bonchev–Trinajstić information content (AvgIpc) is 2.86. The number of nitrogens with one attached hydrogen (secondary N) is 1. The van der Waals surface area contributed by atoms with Gasteiger partial charge < -0.3 is 10.2 Å². The zero-order valence-corrected chi connectivity index (χ0v) is 13.1. The van der Waals surface area contributed by atoms with Gasteiger partial charge in [0.25, 0.3) is 0 Å². The van der Waals surface area contributed by atoms with Crippen LogP contribution in [0.3, 0.4) is 0 Å². The summed E-state index contributed by atoms with van der Waals surface area (Å²) in [5.74, 6) is 0. The van der Waals surface area contributed by atoms with Crippen LogP contribution in [-0.4, -0.2) is 35.6 Å². The largest absolute Gasteiger partial charge is 0.311 e. The summed E-state index contributed by atoms with van der Waals surface area (Å²) in [5, 5.41) is 6.91. The van der Waals surface area contributed by atoms with Gasteiger partial charge in [-0.3, -0.25) is 0 Å². The molecule has 1 aromatic rings. The standard InChI is InChI=1S/C15H27N3S/c1-3-8-16-11-14-12-19-15(17-14)7-10-18-9-5-4-6-13(18)2/h12-13,16H,3-11H2,1-2H3. The van der Waals surface area contributed by atoms with Gasteiger partial charge in [-0.1, -0.05) is 13.3 Å². The molecule has 1 atom stereocenters. The molecule has 2 heterocycles. The molecule has 0 radical (unpaired) electrons. The summed E-state index contributed by atoms with van der Waals surface area (Å²) < 4.78 is 0. The van der Waals surface area contributed by atoms with Gasteiger partial charge in [0, 0.05) is 30.9 Å². The molecule has 1 aliphatic rings. The highest BCUT2D eigenvalue weighted by Gasteiger charge is 2.17. The normalized spacial score (nSPS) is 20.8. The van der Waals surface area contributed by atoms with E-state index in [9.17, 15) is 0 Å². The fourth-order valence-electron chi connectivity index (χ4n) is 2.67. The monoisotopic (exact) mass is 281 g/mol. The third-order valence-electron chi connectivity index (χ3n) is 3.89. The van der Waals surface area contributed by atoms with E-state index in [0.717, 1.165) is 25.6 Å². The molecule has 0 saturated carbocycles. The highest BCUT2D eigenvalue weighted by atomic mass is 32.1. The number of hydrogen-bond donors (Lipinski definition) is 1. The van der Waals surface area contributed by atoms with Crippen molar-refractivity contribution in [1.82, 2.24) is 15.2 Å². The second-order valence-electron chi connectivity index (χ2n) is 5.54. The van der Waals surface area contributed by atoms with Crippen molar-refractivity contribution < 1.29 is 0 Å². The molecule has 0 aliphatic carbocycles. The van der Waals surface area contributed by atoms with E-state index in [1.807, 2.05) is 11.3 Å². The molecule has 1 aromatic heterocycles. The van der Waals surface area contributed by atoms with Crippen LogP contribution < -0.4 is 5.32 Å². The van der Waals surface area contributed by atoms with E-state index in [4.69, 9.17) is 4.98 Å². The number of piperidine rings is 1. The fourth-order valence-corrected chi connectivity index (χ4v) is 3.45. The van der Waals surface area contributed by atoms with Crippen molar-refractivity contribution in [3.05, 3.63) is 16.1 Å². The van der Waals surface area contributed by atoms with Crippen LogP contribution >= 0.6 is 11.3 Å². The highest BCUT2D eigenvalue weighted by molar-refractivity contribution is 7.09. The van der Waals surface area contributed by atoms with Gasteiger partial charge in [0.2, 0.25) is 0 Å². The first-order valence-electron chi connectivity index (χ1n) is 7.67. The second-order valence-corrected chi connectivity index (χ2v) is 6.48. The van der Waals surface area contributed by atoms with Crippen molar-refractivity contribution in [2.24, 2.45) is 0 Å². The zero-order chi connectivity index (χ0) is 13.5. The third-order valence-corrected chi connectivity index (χ3v) is 4.84. The molecule has 0 spiro atoms. The van der Waals surface area contributed by atoms with Gasteiger partial charge in [0.05, 0.1) is 10.7 Å². The van der Waals surface area contributed by atoms with Crippen LogP contribution in [0.2, 0.25) is 0 Å². The lowest BCUT2D eigenvalue weighted by atomic mass is 10.0. The lowest BCUT2D eigenvalue weighted by Crippen LogP contribution is -2.38. The Kier molecular flexibility index (Phi) is 6.28. The van der Waals surface area contributed by atoms with Crippen molar-refractivity contribution in [2.75, 3.05) is 19.6 Å². The number of rotatable bonds is 7. The number of hydrogen-bond acceptors (Lipinski definition) is 4. The quantitative estimate of drug-likeness (QED) is 0.779. The topological polar surface area (TPSA) is 28.2 Å². The minimum atomic E-state index is 0.763. The molecule has 0 aromatic carbocycles. The van der Waals surface area contributed by atoms with Crippen molar-refractivity contribution in [2.45, 2.75) is 58.5 Å². The Morgan fingerprint density at radius 2 is 2.37 bits per heavy atom. The minimum absolute atomic E-state index is 0.763. The summed E-state index contributed by atoms with van der Waals surface area (Å²) in [5.41, 5.74) is 1.21. The first-order chi connectivity index (χ1) is 9.29. The van der Waals surface area contributed by atoms with Crippen LogP contribution in [0.4, 0.5) is 0 Å². The SMILES string of the molecule is CCCNCc1csc(CCN2CCCCC2C)n1. The molecule has 3 nitrogen and oxygen atoms in total. The first kappa shape index (κ1) is 14.9. The van der Waals surface area contributed by atoms with E-state index >= 15 is 0 Å². The van der Waals surface area contributed by atoms with Gasteiger partial charge in [-0.2, -0.15) is 0 Å². The van der Waals surface area contributed by atoms with Crippen LogP contribution in [0.1, 0.15) is 50.2 Å². The average molecular weight is 281 g/mol. The summed E-state index contributed by atoms with van der Waals surface area (Å²) in [4.78, 5) is 7.35. The Labute approximate surface area is 121 Å². The fraction of sp³-hybridized carbons (Fsp3) is 0.800. The minimum Gasteiger partial charge on any atom is -0.311 e. The van der Waals surface area contributed by atoms with Gasteiger partial charge in [0.15, 0.2) is 0 Å². The van der Waals surface area contributed by atoms with E-state index in [-0.39, 0.29) is 0 Å². The van der Waals surface area contributed by atoms with Crippen LogP contribution in [0.5, 0.6) is 0 Å². The smallest absolute Gasteiger partial charge is 0.0941 e. The van der Waals surface area contributed by atoms with Crippen molar-refractivity contribution in [3.8, 4) is 0 Å². The van der Waals surface area contributed by atoms with Crippen LogP contribution in [0, 0.1) is 0 Å². The molecule has 2 rings (SSSR count). The van der Waals surface area contributed by atoms with Gasteiger partial charge >= 0.3 is 0 Å². The maximum absolute atomic E-state index is 4.72. The summed E-state index contributed by atoms with van der Waals surface area (Å²) in [7, 11) is 0. The maximum atomic E-state index is 4.72. The van der Waals surface area contributed by atoms with Crippen LogP contribution in [0.15, 0.2) is 5.38 Å². The van der Waals surface area contributed by atoms with Crippen molar-refractivity contribution in [3.63, 3.8) is 0 Å². The lowest BCUT2D eigenvalue weighted by Gasteiger charge is -2.32. The molecule has 0 amide bonds. The Morgan fingerprint density at radius 1 is 1.47 bits per heavy atom. The molecule has 1 saturated heterocycles. The van der Waals surface area contributed by atoms with E-state index in [1.165, 1.54) is 49.5 Å². The Morgan fingerprint density at radius 3 is 3.16 bits per heavy atom. The number of aromatic nitrogens is 1. The highest BCUT2D eigenvalue weighted by Crippen LogP contribution is 2.18. The van der Waals surface area contributed by atoms with Gasteiger partial charge in [-0.15, -0.1) is 11.3 Å². The van der Waals surface area contributed by atoms with Gasteiger partial charge in [0.1, 0.15) is 0 Å². The van der Waals surface area contributed by atoms with E-state index in [1.54, 1.807) is 0 Å². The van der Waals surface area contributed by atoms with E-state index < -0.39 is 0 Å². The third kappa shape index (κ3) is 4.86. The summed E-state index contributed by atoms with van der Waals surface area (Å²) in [6.07, 6.45) is 6.44. The molecule has 1 N–H and O–H groups in total. The Bertz CT molecular complexity index is 364. The molecule has 1 fully saturated rings. The predicted molar refractivity (Wildman–Crippen MR) is 82.7 cm³/mol. The Hall–Kier alpha value is -0.450. The number of thiazole rings is 1. The maximum Gasteiger partial charge on any atom is 0.0941 e. The van der Waals surface area contributed by atoms with E-state index in [0.29, 0.717) is 0 Å². The molecule has 0 bridgehead atoms. The molecular weight excluding hydrogens is 254 g/mol.